The van der Waals surface area contributed by atoms with Gasteiger partial charge in [-0.1, -0.05) is 36.8 Å². The van der Waals surface area contributed by atoms with Crippen LogP contribution in [0.25, 0.3) is 0 Å². The van der Waals surface area contributed by atoms with Crippen molar-refractivity contribution >= 4 is 5.91 Å². The fourth-order valence-corrected chi connectivity index (χ4v) is 3.95. The molecule has 1 aliphatic rings. The topological polar surface area (TPSA) is 38.3 Å². The summed E-state index contributed by atoms with van der Waals surface area (Å²) in [6.45, 7) is 8.11. The second-order valence-electron chi connectivity index (χ2n) is 7.73. The minimum absolute atomic E-state index is 0.00711. The Kier molecular flexibility index (Phi) is 6.20. The molecule has 2 aromatic rings. The van der Waals surface area contributed by atoms with Crippen LogP contribution in [0.5, 0.6) is 5.75 Å². The average molecular weight is 366 g/mol. The molecule has 0 spiro atoms. The molecule has 0 saturated heterocycles. The van der Waals surface area contributed by atoms with Crippen molar-refractivity contribution < 1.29 is 9.53 Å². The lowest BCUT2D eigenvalue weighted by Crippen LogP contribution is -2.38. The number of ether oxygens (including phenoxy) is 1. The summed E-state index contributed by atoms with van der Waals surface area (Å²) in [7, 11) is 0. The number of carbonyl (C=O) groups excluding carboxylic acids is 1. The van der Waals surface area contributed by atoms with Gasteiger partial charge >= 0.3 is 0 Å². The molecule has 1 N–H and O–H groups in total. The third-order valence-corrected chi connectivity index (χ3v) is 5.53. The van der Waals surface area contributed by atoms with Crippen LogP contribution >= 0.6 is 0 Å². The molecule has 2 unspecified atom stereocenters. The van der Waals surface area contributed by atoms with E-state index in [4.69, 9.17) is 4.74 Å². The number of hydrogen-bond donors (Lipinski definition) is 1. The highest BCUT2D eigenvalue weighted by Gasteiger charge is 2.21. The molecular weight excluding hydrogens is 334 g/mol. The van der Waals surface area contributed by atoms with Crippen molar-refractivity contribution in [1.82, 2.24) is 5.32 Å². The van der Waals surface area contributed by atoms with E-state index in [-0.39, 0.29) is 11.9 Å². The summed E-state index contributed by atoms with van der Waals surface area (Å²) in [5, 5.41) is 3.16. The summed E-state index contributed by atoms with van der Waals surface area (Å²) in [6.07, 6.45) is 5.09. The molecule has 27 heavy (non-hydrogen) atoms. The van der Waals surface area contributed by atoms with Gasteiger partial charge in [0.25, 0.3) is 5.91 Å². The molecule has 0 fully saturated rings. The molecule has 144 valence electrons. The predicted octanol–water partition coefficient (Wildman–Crippen LogP) is 5.22. The molecule has 2 atom stereocenters. The maximum absolute atomic E-state index is 12.7. The van der Waals surface area contributed by atoms with E-state index in [0.29, 0.717) is 0 Å². The van der Waals surface area contributed by atoms with Gasteiger partial charge in [0, 0.05) is 0 Å². The first-order chi connectivity index (χ1) is 13.0. The largest absolute Gasteiger partial charge is 0.481 e. The molecule has 0 bridgehead atoms. The Bertz CT molecular complexity index is 812. The van der Waals surface area contributed by atoms with Crippen molar-refractivity contribution in [1.29, 1.82) is 0 Å². The van der Waals surface area contributed by atoms with Gasteiger partial charge < -0.3 is 10.1 Å². The van der Waals surface area contributed by atoms with E-state index >= 15 is 0 Å². The number of hydrogen-bond acceptors (Lipinski definition) is 2. The van der Waals surface area contributed by atoms with Gasteiger partial charge in [-0.05, 0) is 87.3 Å². The molecular formula is C24H31NO2. The highest BCUT2D eigenvalue weighted by molar-refractivity contribution is 5.81. The van der Waals surface area contributed by atoms with Crippen LogP contribution in [-0.4, -0.2) is 12.0 Å². The number of benzene rings is 2. The fraction of sp³-hybridized carbons (Fsp3) is 0.458. The van der Waals surface area contributed by atoms with Crippen LogP contribution in [0.4, 0.5) is 0 Å². The molecule has 3 rings (SSSR count). The van der Waals surface area contributed by atoms with Crippen molar-refractivity contribution in [2.75, 3.05) is 0 Å². The zero-order valence-corrected chi connectivity index (χ0v) is 17.0. The standard InChI is InChI=1S/C24H31NO2/c1-5-23(22-13-10-16(2)14-17(22)3)25-24(26)18(4)27-21-12-11-19-8-6-7-9-20(19)15-21/h10-15,18,23H,5-9H2,1-4H3,(H,25,26). The molecule has 0 radical (unpaired) electrons. The Morgan fingerprint density at radius 2 is 1.81 bits per heavy atom. The van der Waals surface area contributed by atoms with Gasteiger partial charge in [-0.15, -0.1) is 0 Å². The van der Waals surface area contributed by atoms with Crippen LogP contribution in [0.1, 0.15) is 67.0 Å². The van der Waals surface area contributed by atoms with Crippen molar-refractivity contribution in [2.24, 2.45) is 0 Å². The van der Waals surface area contributed by atoms with Crippen molar-refractivity contribution in [3.63, 3.8) is 0 Å². The molecule has 0 heterocycles. The summed E-state index contributed by atoms with van der Waals surface area (Å²) in [5.74, 6) is 0.720. The number of nitrogens with one attached hydrogen (secondary N) is 1. The van der Waals surface area contributed by atoms with E-state index in [0.717, 1.165) is 25.0 Å². The quantitative estimate of drug-likeness (QED) is 0.762. The molecule has 0 saturated carbocycles. The van der Waals surface area contributed by atoms with Gasteiger partial charge in [-0.25, -0.2) is 0 Å². The number of carbonyl (C=O) groups is 1. The normalized spacial score (nSPS) is 15.6. The first-order valence-electron chi connectivity index (χ1n) is 10.1. The van der Waals surface area contributed by atoms with E-state index in [9.17, 15) is 4.79 Å². The van der Waals surface area contributed by atoms with Crippen LogP contribution < -0.4 is 10.1 Å². The molecule has 3 nitrogen and oxygen atoms in total. The first-order valence-corrected chi connectivity index (χ1v) is 10.1. The van der Waals surface area contributed by atoms with Gasteiger partial charge in [-0.2, -0.15) is 0 Å². The Morgan fingerprint density at radius 3 is 2.52 bits per heavy atom. The zero-order valence-electron chi connectivity index (χ0n) is 17.0. The smallest absolute Gasteiger partial charge is 0.261 e. The summed E-state index contributed by atoms with van der Waals surface area (Å²) in [5.41, 5.74) is 6.42. The Labute approximate surface area is 163 Å². The SMILES string of the molecule is CCC(NC(=O)C(C)Oc1ccc2c(c1)CCCC2)c1ccc(C)cc1C. The first kappa shape index (κ1) is 19.5. The number of rotatable bonds is 6. The zero-order chi connectivity index (χ0) is 19.4. The Morgan fingerprint density at radius 1 is 1.07 bits per heavy atom. The van der Waals surface area contributed by atoms with Crippen LogP contribution in [0.15, 0.2) is 36.4 Å². The molecule has 3 heteroatoms. The average Bonchev–Trinajstić information content (AvgIpc) is 2.66. The summed E-state index contributed by atoms with van der Waals surface area (Å²) in [6, 6.07) is 12.6. The second kappa shape index (κ2) is 8.60. The number of aryl methyl sites for hydroxylation is 4. The number of fused-ring (bicyclic) bond motifs is 1. The highest BCUT2D eigenvalue weighted by Crippen LogP contribution is 2.26. The summed E-state index contributed by atoms with van der Waals surface area (Å²) in [4.78, 5) is 12.7. The molecule has 1 amide bonds. The Hall–Kier alpha value is -2.29. The van der Waals surface area contributed by atoms with Crippen LogP contribution in [0.3, 0.4) is 0 Å². The van der Waals surface area contributed by atoms with Crippen LogP contribution in [0, 0.1) is 13.8 Å². The van der Waals surface area contributed by atoms with E-state index in [2.05, 4.69) is 56.4 Å². The Balaban J connectivity index is 1.65. The van der Waals surface area contributed by atoms with Gasteiger partial charge in [0.1, 0.15) is 5.75 Å². The van der Waals surface area contributed by atoms with Gasteiger partial charge in [0.05, 0.1) is 6.04 Å². The van der Waals surface area contributed by atoms with Gasteiger partial charge in [0.15, 0.2) is 6.10 Å². The third-order valence-electron chi connectivity index (χ3n) is 5.53. The molecule has 0 aliphatic heterocycles. The van der Waals surface area contributed by atoms with Crippen molar-refractivity contribution in [2.45, 2.75) is 71.9 Å². The van der Waals surface area contributed by atoms with Gasteiger partial charge in [0.2, 0.25) is 0 Å². The monoisotopic (exact) mass is 365 g/mol. The highest BCUT2D eigenvalue weighted by atomic mass is 16.5. The molecule has 1 aliphatic carbocycles. The summed E-state index contributed by atoms with van der Waals surface area (Å²) >= 11 is 0. The van der Waals surface area contributed by atoms with E-state index in [1.165, 1.54) is 40.7 Å². The molecule has 2 aromatic carbocycles. The lowest BCUT2D eigenvalue weighted by atomic mass is 9.92. The minimum atomic E-state index is -0.522. The van der Waals surface area contributed by atoms with E-state index < -0.39 is 6.10 Å². The van der Waals surface area contributed by atoms with E-state index in [1.807, 2.05) is 13.0 Å². The van der Waals surface area contributed by atoms with Crippen LogP contribution in [-0.2, 0) is 17.6 Å². The lowest BCUT2D eigenvalue weighted by molar-refractivity contribution is -0.128. The van der Waals surface area contributed by atoms with E-state index in [1.54, 1.807) is 0 Å². The van der Waals surface area contributed by atoms with Crippen molar-refractivity contribution in [3.8, 4) is 5.75 Å². The maximum atomic E-state index is 12.7. The maximum Gasteiger partial charge on any atom is 0.261 e. The predicted molar refractivity (Wildman–Crippen MR) is 110 cm³/mol. The van der Waals surface area contributed by atoms with Crippen LogP contribution in [0.2, 0.25) is 0 Å². The molecule has 0 aromatic heterocycles. The number of amides is 1. The third kappa shape index (κ3) is 4.71. The second-order valence-corrected chi connectivity index (χ2v) is 7.73. The van der Waals surface area contributed by atoms with Crippen molar-refractivity contribution in [3.05, 3.63) is 64.2 Å². The summed E-state index contributed by atoms with van der Waals surface area (Å²) < 4.78 is 5.96. The minimum Gasteiger partial charge on any atom is -0.481 e. The van der Waals surface area contributed by atoms with Gasteiger partial charge in [-0.3, -0.25) is 4.79 Å². The lowest BCUT2D eigenvalue weighted by Gasteiger charge is -2.23. The fourth-order valence-electron chi connectivity index (χ4n) is 3.95.